The Morgan fingerprint density at radius 1 is 1.21 bits per heavy atom. The molecule has 2 aromatic heterocycles. The van der Waals surface area contributed by atoms with Gasteiger partial charge in [0, 0.05) is 17.8 Å². The Hall–Kier alpha value is -1.73. The summed E-state index contributed by atoms with van der Waals surface area (Å²) < 4.78 is 27.8. The zero-order valence-electron chi connectivity index (χ0n) is 12.9. The summed E-state index contributed by atoms with van der Waals surface area (Å²) in [4.78, 5) is 5.58. The summed E-state index contributed by atoms with van der Waals surface area (Å²) in [6, 6.07) is 12.4. The number of halogens is 1. The maximum atomic E-state index is 12.6. The largest absolute Gasteiger partial charge is 0.255 e. The molecule has 124 valence electrons. The van der Waals surface area contributed by atoms with E-state index in [9.17, 15) is 8.42 Å². The molecular weight excluding hydrogens is 364 g/mol. The third-order valence-corrected chi connectivity index (χ3v) is 6.19. The lowest BCUT2D eigenvalue weighted by atomic mass is 10.2. The molecule has 0 aliphatic carbocycles. The number of aryl methyl sites for hydroxylation is 1. The predicted molar refractivity (Wildman–Crippen MR) is 97.8 cm³/mol. The van der Waals surface area contributed by atoms with E-state index in [0.29, 0.717) is 10.6 Å². The quantitative estimate of drug-likeness (QED) is 0.722. The van der Waals surface area contributed by atoms with Gasteiger partial charge in [0.15, 0.2) is 0 Å². The number of benzene rings is 1. The fourth-order valence-electron chi connectivity index (χ4n) is 2.33. The lowest BCUT2D eigenvalue weighted by molar-refractivity contribution is 0.580. The zero-order chi connectivity index (χ0) is 17.2. The Morgan fingerprint density at radius 3 is 2.79 bits per heavy atom. The average molecular weight is 379 g/mol. The van der Waals surface area contributed by atoms with Crippen molar-refractivity contribution >= 4 is 33.0 Å². The zero-order valence-corrected chi connectivity index (χ0v) is 15.3. The minimum atomic E-state index is -3.66. The molecule has 0 aliphatic rings. The molecular formula is C17H15ClN2O2S2. The van der Waals surface area contributed by atoms with E-state index in [-0.39, 0.29) is 11.4 Å². The van der Waals surface area contributed by atoms with Gasteiger partial charge in [-0.2, -0.15) is 0 Å². The van der Waals surface area contributed by atoms with Crippen LogP contribution in [0, 0.1) is 6.92 Å². The molecule has 0 bridgehead atoms. The first-order valence-electron chi connectivity index (χ1n) is 7.21. The van der Waals surface area contributed by atoms with Gasteiger partial charge in [0.05, 0.1) is 15.5 Å². The smallest absolute Gasteiger partial charge is 0.241 e. The molecule has 1 aromatic carbocycles. The second kappa shape index (κ2) is 7.03. The summed E-state index contributed by atoms with van der Waals surface area (Å²) in [5, 5.41) is 2.36. The van der Waals surface area contributed by atoms with E-state index in [4.69, 9.17) is 11.6 Å². The molecule has 0 atom stereocenters. The summed E-state index contributed by atoms with van der Waals surface area (Å²) in [5.41, 5.74) is 2.26. The first-order valence-corrected chi connectivity index (χ1v) is 9.95. The van der Waals surface area contributed by atoms with E-state index >= 15 is 0 Å². The number of aromatic nitrogens is 1. The maximum absolute atomic E-state index is 12.6. The van der Waals surface area contributed by atoms with Crippen LogP contribution in [0.2, 0.25) is 5.02 Å². The molecule has 7 heteroatoms. The van der Waals surface area contributed by atoms with Crippen LogP contribution in [0.3, 0.4) is 0 Å². The van der Waals surface area contributed by atoms with E-state index in [0.717, 1.165) is 16.1 Å². The van der Waals surface area contributed by atoms with Gasteiger partial charge in [-0.05, 0) is 47.7 Å². The van der Waals surface area contributed by atoms with Crippen LogP contribution in [0.1, 0.15) is 11.1 Å². The van der Waals surface area contributed by atoms with Crippen LogP contribution in [0.5, 0.6) is 0 Å². The van der Waals surface area contributed by atoms with Gasteiger partial charge in [0.25, 0.3) is 0 Å². The van der Waals surface area contributed by atoms with Gasteiger partial charge in [-0.3, -0.25) is 4.98 Å². The van der Waals surface area contributed by atoms with Gasteiger partial charge in [-0.15, -0.1) is 11.3 Å². The van der Waals surface area contributed by atoms with Crippen LogP contribution in [0.15, 0.2) is 58.9 Å². The molecule has 24 heavy (non-hydrogen) atoms. The number of rotatable bonds is 5. The number of hydrogen-bond acceptors (Lipinski definition) is 4. The Labute approximate surface area is 150 Å². The number of hydrogen-bond donors (Lipinski definition) is 1. The van der Waals surface area contributed by atoms with Crippen LogP contribution in [0.4, 0.5) is 0 Å². The van der Waals surface area contributed by atoms with Gasteiger partial charge < -0.3 is 0 Å². The Bertz CT molecular complexity index is 954. The number of sulfonamides is 1. The van der Waals surface area contributed by atoms with Gasteiger partial charge >= 0.3 is 0 Å². The standard InChI is InChI=1S/C17H15ClN2O2S2/c1-12-6-7-14(18)10-16(12)24(21,22)20-11-13-4-2-8-19-17(13)15-5-3-9-23-15/h2-10,20H,11H2,1H3. The number of pyridine rings is 1. The molecule has 0 unspecified atom stereocenters. The molecule has 0 fully saturated rings. The fourth-order valence-corrected chi connectivity index (χ4v) is 4.60. The van der Waals surface area contributed by atoms with E-state index in [1.807, 2.05) is 23.6 Å². The lowest BCUT2D eigenvalue weighted by Gasteiger charge is -2.11. The summed E-state index contributed by atoms with van der Waals surface area (Å²) in [6.07, 6.45) is 1.70. The minimum absolute atomic E-state index is 0.162. The van der Waals surface area contributed by atoms with Crippen molar-refractivity contribution in [3.8, 4) is 10.6 Å². The lowest BCUT2D eigenvalue weighted by Crippen LogP contribution is -2.24. The molecule has 0 aliphatic heterocycles. The molecule has 2 heterocycles. The van der Waals surface area contributed by atoms with Crippen molar-refractivity contribution in [2.75, 3.05) is 0 Å². The molecule has 3 rings (SSSR count). The summed E-state index contributed by atoms with van der Waals surface area (Å²) in [5.74, 6) is 0. The molecule has 3 aromatic rings. The molecule has 1 N–H and O–H groups in total. The SMILES string of the molecule is Cc1ccc(Cl)cc1S(=O)(=O)NCc1cccnc1-c1cccs1. The van der Waals surface area contributed by atoms with Gasteiger partial charge in [0.2, 0.25) is 10.0 Å². The van der Waals surface area contributed by atoms with E-state index < -0.39 is 10.0 Å². The van der Waals surface area contributed by atoms with Crippen molar-refractivity contribution < 1.29 is 8.42 Å². The van der Waals surface area contributed by atoms with Crippen molar-refractivity contribution in [1.29, 1.82) is 0 Å². The average Bonchev–Trinajstić information content (AvgIpc) is 3.10. The van der Waals surface area contributed by atoms with Crippen molar-refractivity contribution in [3.63, 3.8) is 0 Å². The molecule has 0 radical (unpaired) electrons. The summed E-state index contributed by atoms with van der Waals surface area (Å²) in [6.45, 7) is 1.90. The van der Waals surface area contributed by atoms with Crippen molar-refractivity contribution in [3.05, 3.63) is 70.2 Å². The monoisotopic (exact) mass is 378 g/mol. The van der Waals surface area contributed by atoms with E-state index in [1.165, 1.54) is 6.07 Å². The molecule has 0 amide bonds. The summed E-state index contributed by atoms with van der Waals surface area (Å²) >= 11 is 7.50. The third kappa shape index (κ3) is 3.67. The van der Waals surface area contributed by atoms with Crippen LogP contribution in [-0.2, 0) is 16.6 Å². The number of thiophene rings is 1. The Kier molecular flexibility index (Phi) is 5.01. The number of nitrogens with one attached hydrogen (secondary N) is 1. The van der Waals surface area contributed by atoms with Crippen LogP contribution >= 0.6 is 22.9 Å². The van der Waals surface area contributed by atoms with Gasteiger partial charge in [-0.25, -0.2) is 13.1 Å². The fraction of sp³-hybridized carbons (Fsp3) is 0.118. The highest BCUT2D eigenvalue weighted by Crippen LogP contribution is 2.26. The van der Waals surface area contributed by atoms with Crippen LogP contribution < -0.4 is 4.72 Å². The highest BCUT2D eigenvalue weighted by Gasteiger charge is 2.18. The molecule has 0 saturated heterocycles. The van der Waals surface area contributed by atoms with Crippen molar-refractivity contribution in [1.82, 2.24) is 9.71 Å². The minimum Gasteiger partial charge on any atom is -0.255 e. The molecule has 0 spiro atoms. The third-order valence-electron chi connectivity index (χ3n) is 3.54. The van der Waals surface area contributed by atoms with Crippen molar-refractivity contribution in [2.45, 2.75) is 18.4 Å². The summed E-state index contributed by atoms with van der Waals surface area (Å²) in [7, 11) is -3.66. The predicted octanol–water partition coefficient (Wildman–Crippen LogP) is 4.25. The first-order chi connectivity index (χ1) is 11.5. The van der Waals surface area contributed by atoms with Gasteiger partial charge in [0.1, 0.15) is 0 Å². The second-order valence-corrected chi connectivity index (χ2v) is 8.34. The Morgan fingerprint density at radius 2 is 2.04 bits per heavy atom. The van der Waals surface area contributed by atoms with Crippen LogP contribution in [-0.4, -0.2) is 13.4 Å². The Balaban J connectivity index is 1.87. The number of nitrogens with zero attached hydrogens (tertiary/aromatic N) is 1. The van der Waals surface area contributed by atoms with Gasteiger partial charge in [-0.1, -0.05) is 29.8 Å². The van der Waals surface area contributed by atoms with Crippen LogP contribution in [0.25, 0.3) is 10.6 Å². The molecule has 4 nitrogen and oxygen atoms in total. The first kappa shape index (κ1) is 17.1. The maximum Gasteiger partial charge on any atom is 0.241 e. The van der Waals surface area contributed by atoms with E-state index in [2.05, 4.69) is 9.71 Å². The highest BCUT2D eigenvalue weighted by molar-refractivity contribution is 7.89. The van der Waals surface area contributed by atoms with E-state index in [1.54, 1.807) is 42.7 Å². The van der Waals surface area contributed by atoms with Crippen molar-refractivity contribution in [2.24, 2.45) is 0 Å². The topological polar surface area (TPSA) is 59.1 Å². The highest BCUT2D eigenvalue weighted by atomic mass is 35.5. The second-order valence-electron chi connectivity index (χ2n) is 5.22. The molecule has 0 saturated carbocycles. The normalized spacial score (nSPS) is 11.6.